The standard InChI is InChI=1S/C8H18N2/c1-7(2)5-10(4)6-8(7,3)9/h5-6,9H2,1-4H3/t8-/m1/s1. The van der Waals surface area contributed by atoms with Crippen molar-refractivity contribution in [2.75, 3.05) is 20.1 Å². The molecule has 0 radical (unpaired) electrons. The van der Waals surface area contributed by atoms with Crippen LogP contribution in [0.1, 0.15) is 20.8 Å². The molecule has 0 spiro atoms. The molecule has 2 heteroatoms. The van der Waals surface area contributed by atoms with E-state index in [9.17, 15) is 0 Å². The van der Waals surface area contributed by atoms with Crippen LogP contribution in [-0.4, -0.2) is 30.6 Å². The highest BCUT2D eigenvalue weighted by atomic mass is 15.2. The molecule has 1 aliphatic heterocycles. The molecule has 1 aliphatic rings. The Labute approximate surface area is 63.4 Å². The van der Waals surface area contributed by atoms with E-state index in [1.807, 2.05) is 0 Å². The van der Waals surface area contributed by atoms with Gasteiger partial charge in [-0.2, -0.15) is 0 Å². The van der Waals surface area contributed by atoms with Crippen molar-refractivity contribution in [3.63, 3.8) is 0 Å². The summed E-state index contributed by atoms with van der Waals surface area (Å²) in [6.07, 6.45) is 0. The highest BCUT2D eigenvalue weighted by molar-refractivity contribution is 5.02. The lowest BCUT2D eigenvalue weighted by Crippen LogP contribution is -2.49. The van der Waals surface area contributed by atoms with Gasteiger partial charge in [-0.1, -0.05) is 13.8 Å². The summed E-state index contributed by atoms with van der Waals surface area (Å²) in [6.45, 7) is 8.73. The number of likely N-dealkylation sites (N-methyl/N-ethyl adjacent to an activating group) is 1. The zero-order valence-corrected chi connectivity index (χ0v) is 7.44. The number of rotatable bonds is 0. The zero-order chi connectivity index (χ0) is 7.99. The number of nitrogens with zero attached hydrogens (tertiary/aromatic N) is 1. The fourth-order valence-corrected chi connectivity index (χ4v) is 1.69. The average Bonchev–Trinajstić information content (AvgIpc) is 1.73. The summed E-state index contributed by atoms with van der Waals surface area (Å²) >= 11 is 0. The van der Waals surface area contributed by atoms with Crippen LogP contribution in [0.3, 0.4) is 0 Å². The Morgan fingerprint density at radius 3 is 1.80 bits per heavy atom. The normalized spacial score (nSPS) is 40.5. The number of hydrogen-bond acceptors (Lipinski definition) is 2. The predicted octanol–water partition coefficient (Wildman–Crippen LogP) is 0.675. The number of likely N-dealkylation sites (tertiary alicyclic amines) is 1. The monoisotopic (exact) mass is 142 g/mol. The molecule has 2 N–H and O–H groups in total. The van der Waals surface area contributed by atoms with Gasteiger partial charge in [-0.05, 0) is 19.4 Å². The van der Waals surface area contributed by atoms with Gasteiger partial charge in [-0.15, -0.1) is 0 Å². The second-order valence-corrected chi connectivity index (χ2v) is 4.47. The maximum Gasteiger partial charge on any atom is 0.0318 e. The lowest BCUT2D eigenvalue weighted by molar-refractivity contribution is 0.255. The molecule has 1 rings (SSSR count). The van der Waals surface area contributed by atoms with Crippen molar-refractivity contribution < 1.29 is 0 Å². The topological polar surface area (TPSA) is 29.3 Å². The van der Waals surface area contributed by atoms with Crippen LogP contribution < -0.4 is 5.73 Å². The molecule has 1 atom stereocenters. The molecule has 1 heterocycles. The van der Waals surface area contributed by atoms with E-state index in [4.69, 9.17) is 5.73 Å². The van der Waals surface area contributed by atoms with Crippen molar-refractivity contribution in [3.8, 4) is 0 Å². The van der Waals surface area contributed by atoms with Crippen molar-refractivity contribution in [2.24, 2.45) is 11.1 Å². The van der Waals surface area contributed by atoms with Gasteiger partial charge >= 0.3 is 0 Å². The molecule has 2 nitrogen and oxygen atoms in total. The molecule has 60 valence electrons. The van der Waals surface area contributed by atoms with Gasteiger partial charge in [-0.3, -0.25) is 0 Å². The Balaban J connectivity index is 2.78. The van der Waals surface area contributed by atoms with E-state index in [0.717, 1.165) is 13.1 Å². The quantitative estimate of drug-likeness (QED) is 0.539. The van der Waals surface area contributed by atoms with E-state index >= 15 is 0 Å². The van der Waals surface area contributed by atoms with E-state index < -0.39 is 0 Å². The van der Waals surface area contributed by atoms with Gasteiger partial charge in [0.2, 0.25) is 0 Å². The molecule has 0 saturated carbocycles. The fraction of sp³-hybridized carbons (Fsp3) is 1.00. The molecular formula is C8H18N2. The summed E-state index contributed by atoms with van der Waals surface area (Å²) < 4.78 is 0. The number of nitrogens with two attached hydrogens (primary N) is 1. The van der Waals surface area contributed by atoms with Crippen LogP contribution in [0.4, 0.5) is 0 Å². The summed E-state index contributed by atoms with van der Waals surface area (Å²) in [7, 11) is 2.12. The molecule has 0 amide bonds. The van der Waals surface area contributed by atoms with Gasteiger partial charge in [0.25, 0.3) is 0 Å². The van der Waals surface area contributed by atoms with Crippen molar-refractivity contribution >= 4 is 0 Å². The van der Waals surface area contributed by atoms with Crippen LogP contribution in [0.25, 0.3) is 0 Å². The fourth-order valence-electron chi connectivity index (χ4n) is 1.69. The van der Waals surface area contributed by atoms with Crippen LogP contribution in [0.5, 0.6) is 0 Å². The lowest BCUT2D eigenvalue weighted by Gasteiger charge is -2.32. The molecule has 1 saturated heterocycles. The zero-order valence-electron chi connectivity index (χ0n) is 7.44. The Hall–Kier alpha value is -0.0800. The predicted molar refractivity (Wildman–Crippen MR) is 43.9 cm³/mol. The van der Waals surface area contributed by atoms with Crippen molar-refractivity contribution in [2.45, 2.75) is 26.3 Å². The molecule has 0 aliphatic carbocycles. The van der Waals surface area contributed by atoms with Crippen molar-refractivity contribution in [1.29, 1.82) is 0 Å². The van der Waals surface area contributed by atoms with Crippen molar-refractivity contribution in [1.82, 2.24) is 4.90 Å². The third kappa shape index (κ3) is 1.06. The van der Waals surface area contributed by atoms with E-state index in [-0.39, 0.29) is 11.0 Å². The van der Waals surface area contributed by atoms with Gasteiger partial charge in [0.1, 0.15) is 0 Å². The Morgan fingerprint density at radius 1 is 1.20 bits per heavy atom. The third-order valence-electron chi connectivity index (χ3n) is 2.81. The van der Waals surface area contributed by atoms with Gasteiger partial charge in [0, 0.05) is 18.6 Å². The summed E-state index contributed by atoms with van der Waals surface area (Å²) in [5, 5.41) is 0. The van der Waals surface area contributed by atoms with Crippen molar-refractivity contribution in [3.05, 3.63) is 0 Å². The second-order valence-electron chi connectivity index (χ2n) is 4.47. The van der Waals surface area contributed by atoms with Gasteiger partial charge in [0.05, 0.1) is 0 Å². The first-order chi connectivity index (χ1) is 4.35. The van der Waals surface area contributed by atoms with E-state index in [1.165, 1.54) is 0 Å². The first kappa shape index (κ1) is 8.02. The second kappa shape index (κ2) is 1.95. The largest absolute Gasteiger partial charge is 0.324 e. The van der Waals surface area contributed by atoms with Crippen LogP contribution in [0.15, 0.2) is 0 Å². The Bertz CT molecular complexity index is 122. The Kier molecular flexibility index (Phi) is 1.57. The van der Waals surface area contributed by atoms with Gasteiger partial charge in [-0.25, -0.2) is 0 Å². The summed E-state index contributed by atoms with van der Waals surface area (Å²) in [5.41, 5.74) is 6.36. The van der Waals surface area contributed by atoms with E-state index in [2.05, 4.69) is 32.7 Å². The molecule has 0 aromatic heterocycles. The van der Waals surface area contributed by atoms with Crippen LogP contribution in [-0.2, 0) is 0 Å². The van der Waals surface area contributed by atoms with Gasteiger partial charge in [0.15, 0.2) is 0 Å². The molecule has 0 unspecified atom stereocenters. The van der Waals surface area contributed by atoms with E-state index in [1.54, 1.807) is 0 Å². The smallest absolute Gasteiger partial charge is 0.0318 e. The highest BCUT2D eigenvalue weighted by Crippen LogP contribution is 2.35. The van der Waals surface area contributed by atoms with Gasteiger partial charge < -0.3 is 10.6 Å². The summed E-state index contributed by atoms with van der Waals surface area (Å²) in [5.74, 6) is 0. The molecule has 0 aromatic carbocycles. The third-order valence-corrected chi connectivity index (χ3v) is 2.81. The molecule has 1 fully saturated rings. The van der Waals surface area contributed by atoms with E-state index in [0.29, 0.717) is 0 Å². The van der Waals surface area contributed by atoms with Crippen LogP contribution in [0.2, 0.25) is 0 Å². The highest BCUT2D eigenvalue weighted by Gasteiger charge is 2.44. The van der Waals surface area contributed by atoms with Crippen LogP contribution in [0, 0.1) is 5.41 Å². The lowest BCUT2D eigenvalue weighted by atomic mass is 9.77. The minimum atomic E-state index is -0.0122. The molecule has 10 heavy (non-hydrogen) atoms. The molecule has 0 aromatic rings. The maximum atomic E-state index is 6.10. The summed E-state index contributed by atoms with van der Waals surface area (Å²) in [4.78, 5) is 2.29. The summed E-state index contributed by atoms with van der Waals surface area (Å²) in [6, 6.07) is 0. The Morgan fingerprint density at radius 2 is 1.70 bits per heavy atom. The maximum absolute atomic E-state index is 6.10. The number of hydrogen-bond donors (Lipinski definition) is 1. The minimum absolute atomic E-state index is 0.0122. The minimum Gasteiger partial charge on any atom is -0.324 e. The average molecular weight is 142 g/mol. The van der Waals surface area contributed by atoms with Crippen LogP contribution >= 0.6 is 0 Å². The molecular weight excluding hydrogens is 124 g/mol. The SMILES string of the molecule is CN1CC(C)(C)[C@](C)(N)C1. The first-order valence-electron chi connectivity index (χ1n) is 3.83. The molecule has 0 bridgehead atoms. The first-order valence-corrected chi connectivity index (χ1v) is 3.83.